The van der Waals surface area contributed by atoms with E-state index in [4.69, 9.17) is 16.3 Å². The van der Waals surface area contributed by atoms with Gasteiger partial charge in [-0.25, -0.2) is 9.97 Å². The van der Waals surface area contributed by atoms with Gasteiger partial charge in [-0.15, -0.1) is 0 Å². The molecule has 0 aromatic carbocycles. The standard InChI is InChI=1S/C25H19ClN6O2S/c1-13-6-15(4-5-27-13)16-8-21-23(30-10-16)31-25(35-21)32-24(33)19-11-28-14(2)7-17(19)18-9-22(26)29-12-20(18)34-3/h4-12H,1-3H3,(H,30,31,32,33). The van der Waals surface area contributed by atoms with Crippen molar-refractivity contribution in [3.63, 3.8) is 0 Å². The summed E-state index contributed by atoms with van der Waals surface area (Å²) in [6, 6.07) is 9.41. The minimum absolute atomic E-state index is 0.291. The first-order chi connectivity index (χ1) is 16.9. The fourth-order valence-corrected chi connectivity index (χ4v) is 4.69. The lowest BCUT2D eigenvalue weighted by atomic mass is 10.0. The number of carbonyl (C=O) groups excluding carboxylic acids is 1. The van der Waals surface area contributed by atoms with Crippen LogP contribution in [0.2, 0.25) is 5.15 Å². The van der Waals surface area contributed by atoms with Crippen LogP contribution in [0.1, 0.15) is 21.7 Å². The van der Waals surface area contributed by atoms with Crippen molar-refractivity contribution in [1.82, 2.24) is 24.9 Å². The third-order valence-electron chi connectivity index (χ3n) is 5.33. The van der Waals surface area contributed by atoms with Crippen molar-refractivity contribution in [2.24, 2.45) is 0 Å². The summed E-state index contributed by atoms with van der Waals surface area (Å²) < 4.78 is 6.31. The predicted molar refractivity (Wildman–Crippen MR) is 137 cm³/mol. The van der Waals surface area contributed by atoms with E-state index in [0.717, 1.165) is 27.2 Å². The fourth-order valence-electron chi connectivity index (χ4n) is 3.67. The van der Waals surface area contributed by atoms with Crippen molar-refractivity contribution >= 4 is 44.3 Å². The second-order valence-corrected chi connectivity index (χ2v) is 9.20. The number of thiazole rings is 1. The number of amides is 1. The van der Waals surface area contributed by atoms with Crippen LogP contribution in [-0.2, 0) is 0 Å². The normalized spacial score (nSPS) is 11.0. The first-order valence-electron chi connectivity index (χ1n) is 10.6. The van der Waals surface area contributed by atoms with Crippen LogP contribution < -0.4 is 10.1 Å². The molecule has 0 fully saturated rings. The predicted octanol–water partition coefficient (Wildman–Crippen LogP) is 5.74. The van der Waals surface area contributed by atoms with Gasteiger partial charge in [0.05, 0.1) is 23.6 Å². The molecule has 8 nitrogen and oxygen atoms in total. The molecule has 0 aliphatic carbocycles. The molecule has 5 aromatic rings. The molecular weight excluding hydrogens is 484 g/mol. The highest BCUT2D eigenvalue weighted by molar-refractivity contribution is 7.22. The largest absolute Gasteiger partial charge is 0.494 e. The average molecular weight is 503 g/mol. The van der Waals surface area contributed by atoms with Gasteiger partial charge in [0.15, 0.2) is 10.8 Å². The van der Waals surface area contributed by atoms with Crippen molar-refractivity contribution < 1.29 is 9.53 Å². The second kappa shape index (κ2) is 9.36. The number of aromatic nitrogens is 5. The average Bonchev–Trinajstić information content (AvgIpc) is 3.25. The van der Waals surface area contributed by atoms with Crippen LogP contribution >= 0.6 is 22.9 Å². The van der Waals surface area contributed by atoms with Gasteiger partial charge >= 0.3 is 0 Å². The Hall–Kier alpha value is -3.95. The highest BCUT2D eigenvalue weighted by atomic mass is 35.5. The molecule has 0 aliphatic heterocycles. The van der Waals surface area contributed by atoms with E-state index in [1.54, 1.807) is 18.5 Å². The topological polar surface area (TPSA) is 103 Å². The fraction of sp³-hybridized carbons (Fsp3) is 0.120. The Labute approximate surface area is 210 Å². The maximum Gasteiger partial charge on any atom is 0.259 e. The number of halogens is 1. The van der Waals surface area contributed by atoms with Gasteiger partial charge in [-0.2, -0.15) is 4.98 Å². The molecule has 35 heavy (non-hydrogen) atoms. The van der Waals surface area contributed by atoms with E-state index in [9.17, 15) is 4.79 Å². The van der Waals surface area contributed by atoms with Crippen LogP contribution in [0.15, 0.2) is 55.1 Å². The smallest absolute Gasteiger partial charge is 0.259 e. The monoisotopic (exact) mass is 502 g/mol. The lowest BCUT2D eigenvalue weighted by molar-refractivity contribution is 0.102. The lowest BCUT2D eigenvalue weighted by Gasteiger charge is -2.13. The number of carbonyl (C=O) groups is 1. The Bertz CT molecular complexity index is 1590. The Morgan fingerprint density at radius 1 is 0.943 bits per heavy atom. The summed E-state index contributed by atoms with van der Waals surface area (Å²) in [5, 5.41) is 3.61. The summed E-state index contributed by atoms with van der Waals surface area (Å²) in [7, 11) is 1.54. The van der Waals surface area contributed by atoms with Gasteiger partial charge in [0.1, 0.15) is 10.9 Å². The molecule has 0 saturated heterocycles. The van der Waals surface area contributed by atoms with Crippen molar-refractivity contribution in [3.05, 3.63) is 77.2 Å². The van der Waals surface area contributed by atoms with Crippen LogP contribution in [0.25, 0.3) is 32.6 Å². The van der Waals surface area contributed by atoms with Gasteiger partial charge in [0, 0.05) is 46.7 Å². The van der Waals surface area contributed by atoms with E-state index in [1.165, 1.54) is 30.8 Å². The van der Waals surface area contributed by atoms with E-state index in [1.807, 2.05) is 38.1 Å². The molecule has 0 atom stereocenters. The molecule has 0 bridgehead atoms. The number of aryl methyl sites for hydroxylation is 2. The van der Waals surface area contributed by atoms with Crippen molar-refractivity contribution in [2.75, 3.05) is 12.4 Å². The highest BCUT2D eigenvalue weighted by Crippen LogP contribution is 2.35. The summed E-state index contributed by atoms with van der Waals surface area (Å²) in [4.78, 5) is 34.9. The summed E-state index contributed by atoms with van der Waals surface area (Å²) in [5.41, 5.74) is 5.84. The van der Waals surface area contributed by atoms with Gasteiger partial charge in [-0.05, 0) is 49.7 Å². The number of pyridine rings is 4. The Kier molecular flexibility index (Phi) is 6.10. The molecule has 0 unspecified atom stereocenters. The molecule has 0 aliphatic rings. The van der Waals surface area contributed by atoms with Crippen LogP contribution in [0.4, 0.5) is 5.13 Å². The first kappa shape index (κ1) is 22.8. The number of nitrogens with zero attached hydrogens (tertiary/aromatic N) is 5. The molecular formula is C25H19ClN6O2S. The second-order valence-electron chi connectivity index (χ2n) is 7.78. The van der Waals surface area contributed by atoms with Gasteiger partial charge < -0.3 is 4.74 Å². The van der Waals surface area contributed by atoms with Crippen molar-refractivity contribution in [3.8, 4) is 28.0 Å². The summed E-state index contributed by atoms with van der Waals surface area (Å²) in [5.74, 6) is 0.142. The number of hydrogen-bond donors (Lipinski definition) is 1. The molecule has 10 heteroatoms. The van der Waals surface area contributed by atoms with E-state index < -0.39 is 0 Å². The maximum absolute atomic E-state index is 13.3. The van der Waals surface area contributed by atoms with Crippen molar-refractivity contribution in [1.29, 1.82) is 0 Å². The van der Waals surface area contributed by atoms with E-state index in [2.05, 4.69) is 30.2 Å². The van der Waals surface area contributed by atoms with E-state index >= 15 is 0 Å². The lowest BCUT2D eigenvalue weighted by Crippen LogP contribution is -2.14. The Balaban J connectivity index is 1.48. The molecule has 174 valence electrons. The summed E-state index contributed by atoms with van der Waals surface area (Å²) in [6.45, 7) is 3.79. The zero-order valence-corrected chi connectivity index (χ0v) is 20.6. The minimum Gasteiger partial charge on any atom is -0.494 e. The van der Waals surface area contributed by atoms with E-state index in [-0.39, 0.29) is 5.91 Å². The number of hydrogen-bond acceptors (Lipinski definition) is 8. The number of nitrogens with one attached hydrogen (secondary N) is 1. The molecule has 1 amide bonds. The minimum atomic E-state index is -0.355. The molecule has 0 saturated carbocycles. The molecule has 5 heterocycles. The Morgan fingerprint density at radius 2 is 1.77 bits per heavy atom. The van der Waals surface area contributed by atoms with Crippen LogP contribution in [0.5, 0.6) is 5.75 Å². The zero-order chi connectivity index (χ0) is 24.5. The molecule has 5 aromatic heterocycles. The third-order valence-corrected chi connectivity index (χ3v) is 6.44. The quantitative estimate of drug-likeness (QED) is 0.305. The molecule has 1 N–H and O–H groups in total. The molecule has 5 rings (SSSR count). The van der Waals surface area contributed by atoms with Crippen molar-refractivity contribution in [2.45, 2.75) is 13.8 Å². The number of fused-ring (bicyclic) bond motifs is 1. The van der Waals surface area contributed by atoms with Gasteiger partial charge in [-0.3, -0.25) is 20.1 Å². The third kappa shape index (κ3) is 4.68. The van der Waals surface area contributed by atoms with Crippen LogP contribution in [0.3, 0.4) is 0 Å². The summed E-state index contributed by atoms with van der Waals surface area (Å²) >= 11 is 7.49. The van der Waals surface area contributed by atoms with Gasteiger partial charge in [-0.1, -0.05) is 22.9 Å². The first-order valence-corrected chi connectivity index (χ1v) is 11.8. The summed E-state index contributed by atoms with van der Waals surface area (Å²) in [6.07, 6.45) is 6.59. The number of rotatable bonds is 5. The zero-order valence-electron chi connectivity index (χ0n) is 19.0. The van der Waals surface area contributed by atoms with Gasteiger partial charge in [0.25, 0.3) is 5.91 Å². The van der Waals surface area contributed by atoms with Crippen LogP contribution in [0, 0.1) is 13.8 Å². The SMILES string of the molecule is COc1cnc(Cl)cc1-c1cc(C)ncc1C(=O)Nc1nc2ncc(-c3ccnc(C)c3)cc2s1. The number of methoxy groups -OCH3 is 1. The van der Waals surface area contributed by atoms with E-state index in [0.29, 0.717) is 38.4 Å². The number of ether oxygens (including phenoxy) is 1. The molecule has 0 spiro atoms. The molecule has 0 radical (unpaired) electrons. The number of anilines is 1. The highest BCUT2D eigenvalue weighted by Gasteiger charge is 2.19. The maximum atomic E-state index is 13.3. The Morgan fingerprint density at radius 3 is 2.57 bits per heavy atom. The van der Waals surface area contributed by atoms with Gasteiger partial charge in [0.2, 0.25) is 0 Å². The van der Waals surface area contributed by atoms with Crippen LogP contribution in [-0.4, -0.2) is 37.9 Å².